The maximum Gasteiger partial charge on any atom is 0.270 e. The number of nitrogens with two attached hydrogens (primary N) is 1. The normalized spacial score (nSPS) is 10.1. The molecule has 1 heterocycles. The van der Waals surface area contributed by atoms with Gasteiger partial charge >= 0.3 is 0 Å². The second-order valence-electron chi connectivity index (χ2n) is 4.42. The van der Waals surface area contributed by atoms with Crippen LogP contribution < -0.4 is 20.5 Å². The van der Waals surface area contributed by atoms with Crippen molar-refractivity contribution in [1.82, 2.24) is 15.3 Å². The van der Waals surface area contributed by atoms with E-state index in [0.29, 0.717) is 29.3 Å². The predicted molar refractivity (Wildman–Crippen MR) is 83.0 cm³/mol. The van der Waals surface area contributed by atoms with E-state index in [2.05, 4.69) is 15.3 Å². The Bertz CT molecular complexity index is 688. The first kappa shape index (κ1) is 15.6. The molecule has 22 heavy (non-hydrogen) atoms. The number of aromatic nitrogens is 2. The smallest absolute Gasteiger partial charge is 0.270 e. The van der Waals surface area contributed by atoms with Crippen molar-refractivity contribution in [3.63, 3.8) is 0 Å². The van der Waals surface area contributed by atoms with Gasteiger partial charge in [-0.2, -0.15) is 0 Å². The fraction of sp³-hybridized carbons (Fsp3) is 0.267. The van der Waals surface area contributed by atoms with Crippen LogP contribution in [0.25, 0.3) is 11.3 Å². The van der Waals surface area contributed by atoms with Crippen LogP contribution in [0, 0.1) is 0 Å². The SMILES string of the molecule is CCNC(=O)c1cc(-c2ccc(OC)cc2OC)nc(N)n1. The zero-order valence-corrected chi connectivity index (χ0v) is 12.7. The van der Waals surface area contributed by atoms with Gasteiger partial charge in [0.15, 0.2) is 0 Å². The molecule has 0 spiro atoms. The van der Waals surface area contributed by atoms with Crippen molar-refractivity contribution in [1.29, 1.82) is 0 Å². The number of carbonyl (C=O) groups is 1. The number of hydrogen-bond acceptors (Lipinski definition) is 6. The molecule has 2 rings (SSSR count). The largest absolute Gasteiger partial charge is 0.497 e. The summed E-state index contributed by atoms with van der Waals surface area (Å²) in [6, 6.07) is 6.88. The average Bonchev–Trinajstić information content (AvgIpc) is 2.53. The van der Waals surface area contributed by atoms with Gasteiger partial charge in [0.2, 0.25) is 5.95 Å². The summed E-state index contributed by atoms with van der Waals surface area (Å²) in [5.41, 5.74) is 7.13. The number of nitrogens with zero attached hydrogens (tertiary/aromatic N) is 2. The van der Waals surface area contributed by atoms with Crippen LogP contribution in [0.15, 0.2) is 24.3 Å². The molecule has 0 aliphatic rings. The Morgan fingerprint density at radius 2 is 2.00 bits per heavy atom. The Kier molecular flexibility index (Phi) is 4.77. The van der Waals surface area contributed by atoms with Crippen molar-refractivity contribution in [3.05, 3.63) is 30.0 Å². The first-order valence-corrected chi connectivity index (χ1v) is 6.74. The summed E-state index contributed by atoms with van der Waals surface area (Å²) < 4.78 is 10.5. The Morgan fingerprint density at radius 3 is 2.64 bits per heavy atom. The molecule has 0 fully saturated rings. The van der Waals surface area contributed by atoms with Gasteiger partial charge in [0.25, 0.3) is 5.91 Å². The van der Waals surface area contributed by atoms with E-state index in [-0.39, 0.29) is 17.5 Å². The molecule has 0 aliphatic heterocycles. The van der Waals surface area contributed by atoms with E-state index in [1.54, 1.807) is 38.5 Å². The lowest BCUT2D eigenvalue weighted by atomic mass is 10.1. The van der Waals surface area contributed by atoms with E-state index in [4.69, 9.17) is 15.2 Å². The van der Waals surface area contributed by atoms with Crippen LogP contribution in [0.4, 0.5) is 5.95 Å². The van der Waals surface area contributed by atoms with Crippen molar-refractivity contribution >= 4 is 11.9 Å². The molecule has 1 aromatic heterocycles. The number of nitrogen functional groups attached to an aromatic ring is 1. The van der Waals surface area contributed by atoms with Gasteiger partial charge in [-0.15, -0.1) is 0 Å². The quantitative estimate of drug-likeness (QED) is 0.868. The van der Waals surface area contributed by atoms with E-state index in [0.717, 1.165) is 0 Å². The molecule has 7 nitrogen and oxygen atoms in total. The number of nitrogens with one attached hydrogen (secondary N) is 1. The molecule has 3 N–H and O–H groups in total. The Hall–Kier alpha value is -2.83. The highest BCUT2D eigenvalue weighted by atomic mass is 16.5. The molecule has 116 valence electrons. The second kappa shape index (κ2) is 6.75. The number of amides is 1. The molecule has 0 radical (unpaired) electrons. The standard InChI is InChI=1S/C15H18N4O3/c1-4-17-14(20)12-8-11(18-15(16)19-12)10-6-5-9(21-2)7-13(10)22-3/h5-8H,4H2,1-3H3,(H,17,20)(H2,16,18,19). The van der Waals surface area contributed by atoms with E-state index >= 15 is 0 Å². The van der Waals surface area contributed by atoms with E-state index < -0.39 is 0 Å². The Balaban J connectivity index is 2.50. The lowest BCUT2D eigenvalue weighted by Crippen LogP contribution is -2.24. The fourth-order valence-corrected chi connectivity index (χ4v) is 1.98. The van der Waals surface area contributed by atoms with Gasteiger partial charge in [-0.05, 0) is 25.1 Å². The minimum atomic E-state index is -0.301. The highest BCUT2D eigenvalue weighted by Gasteiger charge is 2.14. The van der Waals surface area contributed by atoms with Gasteiger partial charge in [-0.1, -0.05) is 0 Å². The second-order valence-corrected chi connectivity index (χ2v) is 4.42. The zero-order valence-electron chi connectivity index (χ0n) is 12.7. The molecular weight excluding hydrogens is 284 g/mol. The number of anilines is 1. The fourth-order valence-electron chi connectivity index (χ4n) is 1.98. The maximum atomic E-state index is 11.9. The van der Waals surface area contributed by atoms with Crippen molar-refractivity contribution in [3.8, 4) is 22.8 Å². The van der Waals surface area contributed by atoms with Crippen molar-refractivity contribution in [2.75, 3.05) is 26.5 Å². The molecular formula is C15H18N4O3. The summed E-state index contributed by atoms with van der Waals surface area (Å²) >= 11 is 0. The number of ether oxygens (including phenoxy) is 2. The molecule has 0 aliphatic carbocycles. The number of methoxy groups -OCH3 is 2. The molecule has 1 amide bonds. The van der Waals surface area contributed by atoms with Gasteiger partial charge in [0, 0.05) is 18.2 Å². The lowest BCUT2D eigenvalue weighted by molar-refractivity contribution is 0.0951. The van der Waals surface area contributed by atoms with Crippen LogP contribution in [-0.4, -0.2) is 36.6 Å². The van der Waals surface area contributed by atoms with Gasteiger partial charge in [-0.25, -0.2) is 9.97 Å². The van der Waals surface area contributed by atoms with Crippen LogP contribution in [0.3, 0.4) is 0 Å². The molecule has 7 heteroatoms. The number of rotatable bonds is 5. The summed E-state index contributed by atoms with van der Waals surface area (Å²) in [6.45, 7) is 2.33. The number of hydrogen-bond donors (Lipinski definition) is 2. The maximum absolute atomic E-state index is 11.9. The molecule has 0 unspecified atom stereocenters. The summed E-state index contributed by atoms with van der Waals surface area (Å²) in [7, 11) is 3.12. The third-order valence-corrected chi connectivity index (χ3v) is 3.00. The minimum absolute atomic E-state index is 0.0247. The van der Waals surface area contributed by atoms with Crippen LogP contribution in [0.1, 0.15) is 17.4 Å². The van der Waals surface area contributed by atoms with Crippen molar-refractivity contribution in [2.45, 2.75) is 6.92 Å². The Labute approximate surface area is 128 Å². The molecule has 2 aromatic rings. The summed E-state index contributed by atoms with van der Waals surface area (Å²) in [5, 5.41) is 2.68. The first-order chi connectivity index (χ1) is 10.6. The lowest BCUT2D eigenvalue weighted by Gasteiger charge is -2.11. The Morgan fingerprint density at radius 1 is 1.23 bits per heavy atom. The minimum Gasteiger partial charge on any atom is -0.497 e. The summed E-state index contributed by atoms with van der Waals surface area (Å²) in [6.07, 6.45) is 0. The van der Waals surface area contributed by atoms with Crippen LogP contribution >= 0.6 is 0 Å². The third-order valence-electron chi connectivity index (χ3n) is 3.00. The molecule has 0 atom stereocenters. The van der Waals surface area contributed by atoms with Gasteiger partial charge in [0.05, 0.1) is 19.9 Å². The summed E-state index contributed by atoms with van der Waals surface area (Å²) in [5.74, 6) is 0.952. The molecule has 0 saturated heterocycles. The third kappa shape index (κ3) is 3.25. The van der Waals surface area contributed by atoms with Gasteiger partial charge in [-0.3, -0.25) is 4.79 Å². The van der Waals surface area contributed by atoms with Crippen molar-refractivity contribution in [2.24, 2.45) is 0 Å². The van der Waals surface area contributed by atoms with E-state index in [9.17, 15) is 4.79 Å². The van der Waals surface area contributed by atoms with Crippen LogP contribution in [0.5, 0.6) is 11.5 Å². The van der Waals surface area contributed by atoms with Crippen LogP contribution in [-0.2, 0) is 0 Å². The highest BCUT2D eigenvalue weighted by Crippen LogP contribution is 2.32. The van der Waals surface area contributed by atoms with Crippen LogP contribution in [0.2, 0.25) is 0 Å². The van der Waals surface area contributed by atoms with E-state index in [1.807, 2.05) is 6.92 Å². The monoisotopic (exact) mass is 302 g/mol. The number of carbonyl (C=O) groups excluding carboxylic acids is 1. The first-order valence-electron chi connectivity index (χ1n) is 6.74. The summed E-state index contributed by atoms with van der Waals surface area (Å²) in [4.78, 5) is 20.1. The zero-order chi connectivity index (χ0) is 16.1. The highest BCUT2D eigenvalue weighted by molar-refractivity contribution is 5.93. The topological polar surface area (TPSA) is 99.4 Å². The number of benzene rings is 1. The van der Waals surface area contributed by atoms with E-state index in [1.165, 1.54) is 0 Å². The predicted octanol–water partition coefficient (Wildman–Crippen LogP) is 1.49. The molecule has 0 saturated carbocycles. The van der Waals surface area contributed by atoms with Gasteiger partial charge < -0.3 is 20.5 Å². The average molecular weight is 302 g/mol. The molecule has 0 bridgehead atoms. The van der Waals surface area contributed by atoms with Gasteiger partial charge in [0.1, 0.15) is 17.2 Å². The van der Waals surface area contributed by atoms with Crippen molar-refractivity contribution < 1.29 is 14.3 Å². The molecule has 1 aromatic carbocycles.